The smallest absolute Gasteiger partial charge is 0.00271 e. The highest BCUT2D eigenvalue weighted by atomic mass is 35.5. The van der Waals surface area contributed by atoms with E-state index < -0.39 is 0 Å². The van der Waals surface area contributed by atoms with Gasteiger partial charge >= 0.3 is 0 Å². The second-order valence-corrected chi connectivity index (χ2v) is 6.73. The lowest BCUT2D eigenvalue weighted by Crippen LogP contribution is -2.18. The molecular weight excluding hydrogens is 323 g/mol. The molecule has 0 heterocycles. The van der Waals surface area contributed by atoms with E-state index in [4.69, 9.17) is 11.5 Å². The average Bonchev–Trinajstić information content (AvgIpc) is 2.44. The third-order valence-corrected chi connectivity index (χ3v) is 4.93. The molecule has 2 nitrogen and oxygen atoms in total. The molecule has 1 unspecified atom stereocenters. The Kier molecular flexibility index (Phi) is 29.4. The van der Waals surface area contributed by atoms with E-state index in [0.29, 0.717) is 5.92 Å². The molecule has 132 valence electrons. The van der Waals surface area contributed by atoms with Gasteiger partial charge in [0.15, 0.2) is 0 Å². The molecule has 0 aromatic carbocycles. The first-order chi connectivity index (χ1) is 9.35. The Balaban J connectivity index is -0.00000162. The van der Waals surface area contributed by atoms with Crippen molar-refractivity contribution in [3.05, 3.63) is 0 Å². The Labute approximate surface area is 149 Å². The zero-order chi connectivity index (χ0) is 14.2. The third kappa shape index (κ3) is 20.9. The molecule has 5 heteroatoms. The summed E-state index contributed by atoms with van der Waals surface area (Å²) in [6, 6.07) is 0. The van der Waals surface area contributed by atoms with Gasteiger partial charge < -0.3 is 11.5 Å². The lowest BCUT2D eigenvalue weighted by Gasteiger charge is -2.13. The molecule has 0 saturated heterocycles. The number of halogens is 2. The van der Waals surface area contributed by atoms with E-state index in [-0.39, 0.29) is 24.8 Å². The molecule has 0 radical (unpaired) electrons. The van der Waals surface area contributed by atoms with Crippen molar-refractivity contribution in [3.8, 4) is 0 Å². The first-order valence-electron chi connectivity index (χ1n) is 8.33. The zero-order valence-electron chi connectivity index (χ0n) is 13.9. The first kappa shape index (κ1) is 26.7. The van der Waals surface area contributed by atoms with Gasteiger partial charge in [-0.2, -0.15) is 11.8 Å². The fourth-order valence-electron chi connectivity index (χ4n) is 2.26. The van der Waals surface area contributed by atoms with Crippen LogP contribution in [0, 0.1) is 5.92 Å². The molecule has 1 atom stereocenters. The SMILES string of the molecule is CCCCCCCCCCSCC(CN)CCCN.Cl.Cl. The average molecular weight is 361 g/mol. The summed E-state index contributed by atoms with van der Waals surface area (Å²) in [6.07, 6.45) is 13.6. The first-order valence-corrected chi connectivity index (χ1v) is 9.48. The molecule has 0 amide bonds. The van der Waals surface area contributed by atoms with Crippen LogP contribution in [0.3, 0.4) is 0 Å². The minimum Gasteiger partial charge on any atom is -0.330 e. The highest BCUT2D eigenvalue weighted by molar-refractivity contribution is 7.99. The minimum absolute atomic E-state index is 0. The molecule has 0 aliphatic rings. The van der Waals surface area contributed by atoms with Crippen molar-refractivity contribution in [1.29, 1.82) is 0 Å². The molecule has 0 aliphatic carbocycles. The topological polar surface area (TPSA) is 52.0 Å². The van der Waals surface area contributed by atoms with Crippen molar-refractivity contribution in [3.63, 3.8) is 0 Å². The van der Waals surface area contributed by atoms with Gasteiger partial charge in [0.25, 0.3) is 0 Å². The summed E-state index contributed by atoms with van der Waals surface area (Å²) >= 11 is 2.09. The number of hydrogen-bond acceptors (Lipinski definition) is 3. The van der Waals surface area contributed by atoms with Gasteiger partial charge in [-0.3, -0.25) is 0 Å². The Morgan fingerprint density at radius 1 is 0.810 bits per heavy atom. The molecule has 0 rings (SSSR count). The predicted molar refractivity (Wildman–Crippen MR) is 105 cm³/mol. The van der Waals surface area contributed by atoms with Crippen molar-refractivity contribution in [1.82, 2.24) is 0 Å². The van der Waals surface area contributed by atoms with Crippen molar-refractivity contribution < 1.29 is 0 Å². The van der Waals surface area contributed by atoms with Crippen LogP contribution in [-0.2, 0) is 0 Å². The summed E-state index contributed by atoms with van der Waals surface area (Å²) in [5, 5.41) is 0. The fraction of sp³-hybridized carbons (Fsp3) is 1.00. The highest BCUT2D eigenvalue weighted by Gasteiger charge is 2.05. The normalized spacial score (nSPS) is 11.6. The van der Waals surface area contributed by atoms with Crippen LogP contribution in [0.4, 0.5) is 0 Å². The Morgan fingerprint density at radius 2 is 1.38 bits per heavy atom. The van der Waals surface area contributed by atoms with Gasteiger partial charge in [-0.25, -0.2) is 0 Å². The molecular formula is C16H38Cl2N2S. The van der Waals surface area contributed by atoms with Crippen LogP contribution in [-0.4, -0.2) is 24.6 Å². The quantitative estimate of drug-likeness (QED) is 0.403. The van der Waals surface area contributed by atoms with Crippen molar-refractivity contribution in [2.45, 2.75) is 71.1 Å². The maximum absolute atomic E-state index is 5.78. The maximum Gasteiger partial charge on any atom is -0.00271 e. The van der Waals surface area contributed by atoms with E-state index in [1.54, 1.807) is 0 Å². The number of hydrogen-bond donors (Lipinski definition) is 2. The standard InChI is InChI=1S/C16H36N2S.2ClH/c1-2-3-4-5-6-7-8-9-13-19-15-16(14-18)11-10-12-17;;/h16H,2-15,17-18H2,1H3;2*1H. The maximum atomic E-state index is 5.78. The summed E-state index contributed by atoms with van der Waals surface area (Å²) in [5.41, 5.74) is 11.3. The van der Waals surface area contributed by atoms with Crippen LogP contribution in [0.1, 0.15) is 71.1 Å². The molecule has 21 heavy (non-hydrogen) atoms. The van der Waals surface area contributed by atoms with E-state index in [2.05, 4.69) is 18.7 Å². The minimum atomic E-state index is 0. The van der Waals surface area contributed by atoms with Crippen molar-refractivity contribution in [2.24, 2.45) is 17.4 Å². The van der Waals surface area contributed by atoms with Gasteiger partial charge in [-0.15, -0.1) is 24.8 Å². The second-order valence-electron chi connectivity index (χ2n) is 5.58. The van der Waals surface area contributed by atoms with Crippen LogP contribution in [0.2, 0.25) is 0 Å². The molecule has 0 fully saturated rings. The van der Waals surface area contributed by atoms with Crippen LogP contribution in [0.15, 0.2) is 0 Å². The monoisotopic (exact) mass is 360 g/mol. The van der Waals surface area contributed by atoms with E-state index in [9.17, 15) is 0 Å². The summed E-state index contributed by atoms with van der Waals surface area (Å²) in [6.45, 7) is 3.91. The lowest BCUT2D eigenvalue weighted by molar-refractivity contribution is 0.533. The number of nitrogens with two attached hydrogens (primary N) is 2. The van der Waals surface area contributed by atoms with Gasteiger partial charge in [-0.05, 0) is 49.8 Å². The predicted octanol–water partition coefficient (Wildman–Crippen LogP) is 5.02. The van der Waals surface area contributed by atoms with Gasteiger partial charge in [0.1, 0.15) is 0 Å². The molecule has 0 saturated carbocycles. The number of unbranched alkanes of at least 4 members (excludes halogenated alkanes) is 7. The van der Waals surface area contributed by atoms with Gasteiger partial charge in [0.2, 0.25) is 0 Å². The largest absolute Gasteiger partial charge is 0.330 e. The molecule has 0 spiro atoms. The molecule has 0 aliphatic heterocycles. The van der Waals surface area contributed by atoms with Gasteiger partial charge in [-0.1, -0.05) is 51.9 Å². The Morgan fingerprint density at radius 3 is 1.90 bits per heavy atom. The van der Waals surface area contributed by atoms with E-state index >= 15 is 0 Å². The number of rotatable bonds is 15. The number of thioether (sulfide) groups is 1. The fourth-order valence-corrected chi connectivity index (χ4v) is 3.47. The van der Waals surface area contributed by atoms with Crippen molar-refractivity contribution >= 4 is 36.6 Å². The van der Waals surface area contributed by atoms with Crippen LogP contribution in [0.5, 0.6) is 0 Å². The van der Waals surface area contributed by atoms with Crippen LogP contribution in [0.25, 0.3) is 0 Å². The Hall–Kier alpha value is 0.850. The summed E-state index contributed by atoms with van der Waals surface area (Å²) in [4.78, 5) is 0. The lowest BCUT2D eigenvalue weighted by atomic mass is 10.1. The molecule has 4 N–H and O–H groups in total. The Bertz CT molecular complexity index is 174. The summed E-state index contributed by atoms with van der Waals surface area (Å²) in [7, 11) is 0. The molecule has 0 bridgehead atoms. The summed E-state index contributed by atoms with van der Waals surface area (Å²) < 4.78 is 0. The van der Waals surface area contributed by atoms with E-state index in [1.807, 2.05) is 0 Å². The molecule has 0 aromatic heterocycles. The van der Waals surface area contributed by atoms with E-state index in [1.165, 1.54) is 69.3 Å². The zero-order valence-corrected chi connectivity index (χ0v) is 16.3. The third-order valence-electron chi connectivity index (χ3n) is 3.65. The van der Waals surface area contributed by atoms with Crippen LogP contribution >= 0.6 is 36.6 Å². The highest BCUT2D eigenvalue weighted by Crippen LogP contribution is 2.16. The molecule has 0 aromatic rings. The summed E-state index contributed by atoms with van der Waals surface area (Å²) in [5.74, 6) is 3.23. The van der Waals surface area contributed by atoms with Gasteiger partial charge in [0.05, 0.1) is 0 Å². The second kappa shape index (κ2) is 23.1. The van der Waals surface area contributed by atoms with Crippen molar-refractivity contribution in [2.75, 3.05) is 24.6 Å². The van der Waals surface area contributed by atoms with E-state index in [0.717, 1.165) is 19.5 Å². The van der Waals surface area contributed by atoms with Crippen LogP contribution < -0.4 is 11.5 Å². The van der Waals surface area contributed by atoms with Gasteiger partial charge in [0, 0.05) is 0 Å².